The minimum atomic E-state index is -2.40. The van der Waals surface area contributed by atoms with Crippen LogP contribution in [0.15, 0.2) is 58.3 Å². The Morgan fingerprint density at radius 2 is 1.90 bits per heavy atom. The maximum absolute atomic E-state index is 11.9. The largest absolute Gasteiger partial charge is 0.697 e. The van der Waals surface area contributed by atoms with Crippen LogP contribution in [0, 0.1) is 25.2 Å². The number of rotatable bonds is 11. The second-order valence-electron chi connectivity index (χ2n) is 8.65. The van der Waals surface area contributed by atoms with Crippen molar-refractivity contribution in [2.75, 3.05) is 25.6 Å². The highest BCUT2D eigenvalue weighted by molar-refractivity contribution is 8.13. The molecule has 39 heavy (non-hydrogen) atoms. The number of terminal acetylenes is 1. The number of H-pyrrole nitrogens is 1. The van der Waals surface area contributed by atoms with Crippen molar-refractivity contribution in [3.05, 3.63) is 80.6 Å². The zero-order valence-corrected chi connectivity index (χ0v) is 23.9. The molecular weight excluding hydrogens is 545 g/mol. The Kier molecular flexibility index (Phi) is 15.5. The molecule has 13 heteroatoms. The van der Waals surface area contributed by atoms with Crippen molar-refractivity contribution in [3.8, 4) is 12.8 Å². The van der Waals surface area contributed by atoms with E-state index in [0.717, 1.165) is 11.8 Å². The molecule has 0 spiro atoms. The SMILES string of the molecule is C#C.Cc1cn(C2C=C[C@@H](CO[P+](=O)OCCSC(=O)C(C)(C)CO)O2)c(=O)[nH]c1=O.NCc1ccccc1. The van der Waals surface area contributed by atoms with Gasteiger partial charge in [0.1, 0.15) is 19.3 Å². The smallest absolute Gasteiger partial charge is 0.395 e. The van der Waals surface area contributed by atoms with E-state index in [-0.39, 0.29) is 30.7 Å². The minimum absolute atomic E-state index is 0.0448. The fourth-order valence-electron chi connectivity index (χ4n) is 2.81. The van der Waals surface area contributed by atoms with E-state index in [4.69, 9.17) is 24.6 Å². The molecule has 1 aromatic heterocycles. The molecule has 0 amide bonds. The van der Waals surface area contributed by atoms with Crippen LogP contribution >= 0.6 is 20.0 Å². The Morgan fingerprint density at radius 3 is 2.49 bits per heavy atom. The monoisotopic (exact) mass is 580 g/mol. The fourth-order valence-corrected chi connectivity index (χ4v) is 4.32. The quantitative estimate of drug-likeness (QED) is 0.156. The maximum atomic E-state index is 11.9. The molecule has 0 radical (unpaired) electrons. The number of aromatic nitrogens is 2. The van der Waals surface area contributed by atoms with Crippen molar-refractivity contribution in [1.29, 1.82) is 0 Å². The summed E-state index contributed by atoms with van der Waals surface area (Å²) in [4.78, 5) is 37.3. The van der Waals surface area contributed by atoms with Gasteiger partial charge in [-0.1, -0.05) is 48.2 Å². The van der Waals surface area contributed by atoms with Crippen LogP contribution < -0.4 is 17.0 Å². The highest BCUT2D eigenvalue weighted by atomic mass is 32.2. The van der Waals surface area contributed by atoms with Gasteiger partial charge in [0.2, 0.25) is 0 Å². The number of hydrogen-bond donors (Lipinski definition) is 3. The van der Waals surface area contributed by atoms with Gasteiger partial charge in [0.05, 0.1) is 12.0 Å². The zero-order chi connectivity index (χ0) is 29.4. The first-order valence-electron chi connectivity index (χ1n) is 11.8. The van der Waals surface area contributed by atoms with Gasteiger partial charge in [-0.05, 0) is 32.4 Å². The Labute approximate surface area is 232 Å². The summed E-state index contributed by atoms with van der Waals surface area (Å²) >= 11 is 0.993. The highest BCUT2D eigenvalue weighted by Gasteiger charge is 2.29. The topological polar surface area (TPSA) is 163 Å². The van der Waals surface area contributed by atoms with Crippen molar-refractivity contribution < 1.29 is 28.3 Å². The summed E-state index contributed by atoms with van der Waals surface area (Å²) in [6.07, 6.45) is 11.4. The van der Waals surface area contributed by atoms with Crippen LogP contribution in [0.2, 0.25) is 0 Å². The highest BCUT2D eigenvalue weighted by Crippen LogP contribution is 2.28. The van der Waals surface area contributed by atoms with Gasteiger partial charge in [-0.25, -0.2) is 4.79 Å². The summed E-state index contributed by atoms with van der Waals surface area (Å²) in [7, 11) is -2.40. The summed E-state index contributed by atoms with van der Waals surface area (Å²) in [5, 5.41) is 8.95. The number of aliphatic hydroxyl groups excluding tert-OH is 1. The van der Waals surface area contributed by atoms with Crippen molar-refractivity contribution in [2.45, 2.75) is 39.6 Å². The number of nitrogens with one attached hydrogen (secondary N) is 1. The summed E-state index contributed by atoms with van der Waals surface area (Å²) in [5.74, 6) is 0.281. The number of carbonyl (C=O) groups is 1. The molecule has 0 fully saturated rings. The lowest BCUT2D eigenvalue weighted by Crippen LogP contribution is -2.33. The number of nitrogens with two attached hydrogens (primary N) is 1. The van der Waals surface area contributed by atoms with Crippen LogP contribution in [0.1, 0.15) is 31.2 Å². The van der Waals surface area contributed by atoms with Crippen molar-refractivity contribution in [2.24, 2.45) is 11.1 Å². The number of thioether (sulfide) groups is 1. The molecular formula is C26H35N3O8PS+. The standard InChI is InChI=1S/C17H23N2O8PS.C7H9N.C2H2/c1-11-8-19(16(23)18-14(11)21)13-5-4-12(27-13)9-26-28(24)25-6-7-29-15(22)17(2,3)10-20;8-6-7-4-2-1-3-5-7;1-2/h4-5,8,12-13,20H,6-7,9-10H2,1-3H3;1-5H,6,8H2;1-2H/p+1/t12-,13?;;/m0../s1. The number of benzene rings is 1. The van der Waals surface area contributed by atoms with Gasteiger partial charge in [0.15, 0.2) is 11.3 Å². The summed E-state index contributed by atoms with van der Waals surface area (Å²) in [6.45, 7) is 5.23. The number of hydrogen-bond acceptors (Lipinski definition) is 10. The van der Waals surface area contributed by atoms with Crippen LogP contribution in [-0.4, -0.2) is 51.5 Å². The molecule has 1 aromatic carbocycles. The molecule has 2 aromatic rings. The number of ether oxygens (including phenoxy) is 1. The molecule has 2 unspecified atom stereocenters. The van der Waals surface area contributed by atoms with E-state index in [9.17, 15) is 18.9 Å². The Bertz CT molecular complexity index is 1230. The second-order valence-corrected chi connectivity index (χ2v) is 10.7. The third-order valence-corrected chi connectivity index (χ3v) is 7.05. The lowest BCUT2D eigenvalue weighted by Gasteiger charge is -2.18. The lowest BCUT2D eigenvalue weighted by atomic mass is 9.97. The number of carbonyl (C=O) groups excluding carboxylic acids is 1. The molecule has 0 saturated carbocycles. The van der Waals surface area contributed by atoms with Gasteiger partial charge in [0.25, 0.3) is 5.56 Å². The van der Waals surface area contributed by atoms with Crippen molar-refractivity contribution >= 4 is 25.1 Å². The number of aryl methyl sites for hydroxylation is 1. The summed E-state index contributed by atoms with van der Waals surface area (Å²) in [6, 6.07) is 9.99. The van der Waals surface area contributed by atoms with E-state index in [1.165, 1.54) is 16.3 Å². The summed E-state index contributed by atoms with van der Waals surface area (Å²) < 4.78 is 28.8. The van der Waals surface area contributed by atoms with E-state index >= 15 is 0 Å². The van der Waals surface area contributed by atoms with E-state index < -0.39 is 37.3 Å². The average Bonchev–Trinajstić information content (AvgIpc) is 3.42. The Balaban J connectivity index is 0.000000641. The zero-order valence-electron chi connectivity index (χ0n) is 22.1. The number of aliphatic hydroxyl groups is 1. The average molecular weight is 581 g/mol. The van der Waals surface area contributed by atoms with Crippen LogP contribution in [0.25, 0.3) is 0 Å². The Hall–Kier alpha value is -2.88. The van der Waals surface area contributed by atoms with E-state index in [0.29, 0.717) is 12.1 Å². The van der Waals surface area contributed by atoms with E-state index in [1.54, 1.807) is 32.9 Å². The number of nitrogens with zero attached hydrogens (tertiary/aromatic N) is 1. The first-order chi connectivity index (χ1) is 18.6. The molecule has 11 nitrogen and oxygen atoms in total. The van der Waals surface area contributed by atoms with Gasteiger partial charge in [-0.3, -0.25) is 19.1 Å². The summed E-state index contributed by atoms with van der Waals surface area (Å²) in [5.41, 5.74) is 5.02. The van der Waals surface area contributed by atoms with Crippen LogP contribution in [0.4, 0.5) is 0 Å². The van der Waals surface area contributed by atoms with Crippen LogP contribution in [-0.2, 0) is 29.7 Å². The maximum Gasteiger partial charge on any atom is 0.697 e. The van der Waals surface area contributed by atoms with Gasteiger partial charge < -0.3 is 15.6 Å². The predicted molar refractivity (Wildman–Crippen MR) is 151 cm³/mol. The van der Waals surface area contributed by atoms with Crippen LogP contribution in [0.5, 0.6) is 0 Å². The number of aromatic amines is 1. The van der Waals surface area contributed by atoms with Crippen LogP contribution in [0.3, 0.4) is 0 Å². The van der Waals surface area contributed by atoms with Gasteiger partial charge >= 0.3 is 13.9 Å². The molecule has 212 valence electrons. The Morgan fingerprint density at radius 1 is 1.23 bits per heavy atom. The van der Waals surface area contributed by atoms with Gasteiger partial charge in [0, 0.05) is 28.6 Å². The predicted octanol–water partition coefficient (Wildman–Crippen LogP) is 2.66. The van der Waals surface area contributed by atoms with Crippen molar-refractivity contribution in [3.63, 3.8) is 0 Å². The van der Waals surface area contributed by atoms with Crippen molar-refractivity contribution in [1.82, 2.24) is 9.55 Å². The first-order valence-corrected chi connectivity index (χ1v) is 13.9. The third kappa shape index (κ3) is 11.8. The van der Waals surface area contributed by atoms with Gasteiger partial charge in [-0.15, -0.1) is 21.9 Å². The van der Waals surface area contributed by atoms with E-state index in [1.807, 2.05) is 30.3 Å². The molecule has 0 bridgehead atoms. The lowest BCUT2D eigenvalue weighted by molar-refractivity contribution is -0.119. The van der Waals surface area contributed by atoms with E-state index in [2.05, 4.69) is 17.8 Å². The first kappa shape index (κ1) is 34.1. The minimum Gasteiger partial charge on any atom is -0.395 e. The molecule has 3 atom stereocenters. The molecule has 4 N–H and O–H groups in total. The normalized spacial score (nSPS) is 16.4. The third-order valence-electron chi connectivity index (χ3n) is 5.11. The molecule has 1 aliphatic heterocycles. The molecule has 0 aliphatic carbocycles. The second kappa shape index (κ2) is 17.7. The molecule has 1 aliphatic rings. The molecule has 0 saturated heterocycles. The fraction of sp³-hybridized carbons (Fsp3) is 0.423. The molecule has 2 heterocycles. The molecule has 3 rings (SSSR count). The van der Waals surface area contributed by atoms with Gasteiger partial charge in [-0.2, -0.15) is 0 Å².